The van der Waals surface area contributed by atoms with Crippen LogP contribution in [0.3, 0.4) is 0 Å². The molecule has 2 aromatic carbocycles. The van der Waals surface area contributed by atoms with Crippen molar-refractivity contribution in [3.63, 3.8) is 0 Å². The van der Waals surface area contributed by atoms with Crippen LogP contribution in [0.5, 0.6) is 0 Å². The first-order chi connectivity index (χ1) is 18.9. The van der Waals surface area contributed by atoms with E-state index in [-0.39, 0.29) is 28.8 Å². The number of benzene rings is 2. The van der Waals surface area contributed by atoms with Gasteiger partial charge in [-0.25, -0.2) is 18.3 Å². The largest absolute Gasteiger partial charge is 0.442 e. The normalized spacial score (nSPS) is 19.5. The van der Waals surface area contributed by atoms with E-state index in [1.165, 1.54) is 35.4 Å². The van der Waals surface area contributed by atoms with Gasteiger partial charge in [-0.1, -0.05) is 43.3 Å². The molecular formula is C28H33F2N5O4Si. The van der Waals surface area contributed by atoms with E-state index in [9.17, 15) is 4.79 Å². The summed E-state index contributed by atoms with van der Waals surface area (Å²) < 4.78 is 43.6. The lowest BCUT2D eigenvalue weighted by atomic mass is 9.99. The van der Waals surface area contributed by atoms with Crippen molar-refractivity contribution in [2.45, 2.75) is 64.1 Å². The average Bonchev–Trinajstić information content (AvgIpc) is 3.64. The number of ether oxygens (including phenoxy) is 1. The van der Waals surface area contributed by atoms with Gasteiger partial charge in [0.2, 0.25) is 0 Å². The highest BCUT2D eigenvalue weighted by Gasteiger charge is 2.38. The Labute approximate surface area is 232 Å². The van der Waals surface area contributed by atoms with E-state index in [0.29, 0.717) is 36.5 Å². The molecule has 2 aliphatic heterocycles. The quantitative estimate of drug-likeness (QED) is 0.320. The Balaban J connectivity index is 1.24. The molecular weight excluding hydrogens is 536 g/mol. The second-order valence-corrected chi connectivity index (χ2v) is 16.5. The van der Waals surface area contributed by atoms with Crippen molar-refractivity contribution >= 4 is 25.8 Å². The fraction of sp³-hybridized carbons (Fsp3) is 0.429. The van der Waals surface area contributed by atoms with E-state index in [1.54, 1.807) is 23.0 Å². The number of amides is 1. The van der Waals surface area contributed by atoms with E-state index in [0.717, 1.165) is 0 Å². The van der Waals surface area contributed by atoms with Crippen LogP contribution in [0.2, 0.25) is 18.1 Å². The van der Waals surface area contributed by atoms with Gasteiger partial charge in [-0.3, -0.25) is 4.90 Å². The lowest BCUT2D eigenvalue weighted by Gasteiger charge is -2.36. The predicted molar refractivity (Wildman–Crippen MR) is 149 cm³/mol. The van der Waals surface area contributed by atoms with E-state index in [1.807, 2.05) is 0 Å². The fourth-order valence-electron chi connectivity index (χ4n) is 4.38. The maximum absolute atomic E-state index is 15.2. The number of carbonyl (C=O) groups is 1. The summed E-state index contributed by atoms with van der Waals surface area (Å²) >= 11 is 0. The molecule has 1 aromatic heterocycles. The highest BCUT2D eigenvalue weighted by atomic mass is 28.4. The molecule has 0 bridgehead atoms. The maximum atomic E-state index is 15.2. The van der Waals surface area contributed by atoms with Gasteiger partial charge in [0.15, 0.2) is 14.4 Å². The Hall–Kier alpha value is -3.64. The maximum Gasteiger partial charge on any atom is 0.414 e. The van der Waals surface area contributed by atoms with Crippen LogP contribution in [0.25, 0.3) is 11.1 Å². The first-order valence-corrected chi connectivity index (χ1v) is 16.1. The number of anilines is 1. The van der Waals surface area contributed by atoms with E-state index in [2.05, 4.69) is 49.3 Å². The van der Waals surface area contributed by atoms with Crippen molar-refractivity contribution in [3.8, 4) is 11.1 Å². The number of halogens is 2. The summed E-state index contributed by atoms with van der Waals surface area (Å²) in [4.78, 5) is 19.3. The predicted octanol–water partition coefficient (Wildman–Crippen LogP) is 5.76. The third-order valence-corrected chi connectivity index (χ3v) is 12.3. The molecule has 1 amide bonds. The highest BCUT2D eigenvalue weighted by Crippen LogP contribution is 2.37. The molecule has 0 N–H and O–H groups in total. The zero-order valence-electron chi connectivity index (χ0n) is 23.2. The lowest BCUT2D eigenvalue weighted by molar-refractivity contribution is 0.0427. The summed E-state index contributed by atoms with van der Waals surface area (Å²) in [6.07, 6.45) is 2.43. The molecule has 9 nitrogen and oxygen atoms in total. The van der Waals surface area contributed by atoms with Gasteiger partial charge in [0, 0.05) is 29.3 Å². The fourth-order valence-corrected chi connectivity index (χ4v) is 5.41. The summed E-state index contributed by atoms with van der Waals surface area (Å²) in [5.74, 6) is -1.23. The number of aromatic nitrogens is 3. The van der Waals surface area contributed by atoms with Gasteiger partial charge in [-0.15, -0.1) is 5.10 Å². The van der Waals surface area contributed by atoms with Crippen molar-refractivity contribution in [1.82, 2.24) is 15.0 Å². The molecule has 1 saturated heterocycles. The Kier molecular flexibility index (Phi) is 7.49. The minimum absolute atomic E-state index is 0.0839. The van der Waals surface area contributed by atoms with Crippen LogP contribution in [0, 0.1) is 11.6 Å². The summed E-state index contributed by atoms with van der Waals surface area (Å²) in [5.41, 5.74) is 1.72. The summed E-state index contributed by atoms with van der Waals surface area (Å²) in [5, 5.41) is 11.8. The SMILES string of the molecule is CC(C)(C)[Si](C)(C)OCC1CC(c2ccc(-c3ccc(N4C[C@H](Cn5ccnn5)OC4=O)cc3F)c(F)c2)=NO1. The van der Waals surface area contributed by atoms with Crippen LogP contribution in [0.1, 0.15) is 32.8 Å². The molecule has 2 atom stereocenters. The molecule has 40 heavy (non-hydrogen) atoms. The van der Waals surface area contributed by atoms with Gasteiger partial charge in [0.1, 0.15) is 17.7 Å². The molecule has 1 fully saturated rings. The molecule has 0 saturated carbocycles. The van der Waals surface area contributed by atoms with Crippen LogP contribution in [-0.2, 0) is 20.5 Å². The standard InChI is InChI=1S/C28H33F2N5O4Si/c1-28(2,3)40(4,5)37-17-20-14-26(32-39-20)18-6-8-22(24(29)12-18)23-9-7-19(13-25(23)30)35-16-21(38-27(35)36)15-34-11-10-31-33-34/h6-13,20-21H,14-17H2,1-5H3/t20?,21-/m0/s1. The van der Waals surface area contributed by atoms with Crippen molar-refractivity contribution in [1.29, 1.82) is 0 Å². The molecule has 3 heterocycles. The van der Waals surface area contributed by atoms with E-state index in [4.69, 9.17) is 14.0 Å². The summed E-state index contributed by atoms with van der Waals surface area (Å²) in [6.45, 7) is 11.9. The number of rotatable bonds is 8. The molecule has 3 aromatic rings. The smallest absolute Gasteiger partial charge is 0.414 e. The third kappa shape index (κ3) is 5.78. The molecule has 1 unspecified atom stereocenters. The summed E-state index contributed by atoms with van der Waals surface area (Å²) in [6, 6.07) is 8.83. The van der Waals surface area contributed by atoms with Crippen molar-refractivity contribution in [2.24, 2.45) is 5.16 Å². The van der Waals surface area contributed by atoms with Gasteiger partial charge in [0.25, 0.3) is 0 Å². The number of oxime groups is 1. The molecule has 5 rings (SSSR count). The molecule has 0 radical (unpaired) electrons. The minimum atomic E-state index is -1.93. The zero-order chi connectivity index (χ0) is 28.7. The van der Waals surface area contributed by atoms with Crippen LogP contribution in [0.4, 0.5) is 19.3 Å². The van der Waals surface area contributed by atoms with Gasteiger partial charge >= 0.3 is 6.09 Å². The third-order valence-electron chi connectivity index (χ3n) is 7.76. The number of hydrogen-bond donors (Lipinski definition) is 0. The Bertz CT molecular complexity index is 1420. The van der Waals surface area contributed by atoms with Crippen LogP contribution in [0.15, 0.2) is 53.9 Å². The second kappa shape index (κ2) is 10.7. The Morgan fingerprint density at radius 3 is 2.45 bits per heavy atom. The number of carbonyl (C=O) groups excluding carboxylic acids is 1. The Morgan fingerprint density at radius 2 is 1.80 bits per heavy atom. The van der Waals surface area contributed by atoms with Crippen molar-refractivity contribution in [2.75, 3.05) is 18.1 Å². The van der Waals surface area contributed by atoms with Crippen molar-refractivity contribution < 1.29 is 27.6 Å². The molecule has 2 aliphatic rings. The van der Waals surface area contributed by atoms with Gasteiger partial charge in [-0.2, -0.15) is 0 Å². The lowest BCUT2D eigenvalue weighted by Crippen LogP contribution is -2.42. The van der Waals surface area contributed by atoms with Gasteiger partial charge < -0.3 is 14.0 Å². The van der Waals surface area contributed by atoms with Crippen LogP contribution < -0.4 is 4.90 Å². The highest BCUT2D eigenvalue weighted by molar-refractivity contribution is 6.74. The molecule has 12 heteroatoms. The van der Waals surface area contributed by atoms with Crippen molar-refractivity contribution in [3.05, 3.63) is 66.0 Å². The first kappa shape index (κ1) is 27.9. The monoisotopic (exact) mass is 569 g/mol. The zero-order valence-corrected chi connectivity index (χ0v) is 24.2. The van der Waals surface area contributed by atoms with E-state index < -0.39 is 32.1 Å². The molecule has 0 aliphatic carbocycles. The average molecular weight is 570 g/mol. The number of nitrogens with zero attached hydrogens (tertiary/aromatic N) is 5. The first-order valence-electron chi connectivity index (χ1n) is 13.2. The second-order valence-electron chi connectivity index (χ2n) is 11.6. The Morgan fingerprint density at radius 1 is 1.07 bits per heavy atom. The molecule has 0 spiro atoms. The van der Waals surface area contributed by atoms with Gasteiger partial charge in [0.05, 0.1) is 37.3 Å². The topological polar surface area (TPSA) is 91.1 Å². The van der Waals surface area contributed by atoms with Gasteiger partial charge in [-0.05, 0) is 42.4 Å². The molecule has 212 valence electrons. The van der Waals surface area contributed by atoms with Crippen LogP contribution in [-0.4, -0.2) is 60.5 Å². The summed E-state index contributed by atoms with van der Waals surface area (Å²) in [7, 11) is -1.93. The van der Waals surface area contributed by atoms with E-state index >= 15 is 8.78 Å². The number of cyclic esters (lactones) is 1. The van der Waals surface area contributed by atoms with Crippen LogP contribution >= 0.6 is 0 Å². The minimum Gasteiger partial charge on any atom is -0.442 e. The number of hydrogen-bond acceptors (Lipinski definition) is 7.